The number of halogens is 1. The fraction of sp³-hybridized carbons (Fsp3) is 0.500. The van der Waals surface area contributed by atoms with Crippen molar-refractivity contribution in [1.29, 1.82) is 0 Å². The summed E-state index contributed by atoms with van der Waals surface area (Å²) in [7, 11) is 1.29. The lowest BCUT2D eigenvalue weighted by Crippen LogP contribution is -2.42. The van der Waals surface area contributed by atoms with Crippen LogP contribution in [-0.4, -0.2) is 37.5 Å². The molecule has 0 saturated carbocycles. The SMILES string of the molecule is COC(=O)[C@@H](CC(C)C)NC(=O)c1ccc(Cl)c(N2CCCC2=O)c1. The molecular formula is C18H23ClN2O4. The highest BCUT2D eigenvalue weighted by atomic mass is 35.5. The van der Waals surface area contributed by atoms with Gasteiger partial charge in [-0.25, -0.2) is 4.79 Å². The molecule has 0 aromatic heterocycles. The zero-order chi connectivity index (χ0) is 18.6. The molecule has 1 aromatic carbocycles. The fourth-order valence-electron chi connectivity index (χ4n) is 2.83. The fourth-order valence-corrected chi connectivity index (χ4v) is 3.05. The maximum absolute atomic E-state index is 12.6. The van der Waals surface area contributed by atoms with E-state index in [0.717, 1.165) is 6.42 Å². The number of nitrogens with one attached hydrogen (secondary N) is 1. The molecule has 1 N–H and O–H groups in total. The summed E-state index contributed by atoms with van der Waals surface area (Å²) >= 11 is 6.19. The lowest BCUT2D eigenvalue weighted by Gasteiger charge is -2.20. The summed E-state index contributed by atoms with van der Waals surface area (Å²) in [6.07, 6.45) is 1.72. The molecule has 25 heavy (non-hydrogen) atoms. The van der Waals surface area contributed by atoms with Crippen LogP contribution in [0, 0.1) is 5.92 Å². The molecule has 2 amide bonds. The Labute approximate surface area is 152 Å². The first kappa shape index (κ1) is 19.2. The van der Waals surface area contributed by atoms with Crippen LogP contribution in [0.15, 0.2) is 18.2 Å². The number of anilines is 1. The predicted octanol–water partition coefficient (Wildman–Crippen LogP) is 2.78. The van der Waals surface area contributed by atoms with Crippen LogP contribution in [0.2, 0.25) is 5.02 Å². The van der Waals surface area contributed by atoms with Gasteiger partial charge in [0.2, 0.25) is 5.91 Å². The topological polar surface area (TPSA) is 75.7 Å². The molecule has 1 fully saturated rings. The highest BCUT2D eigenvalue weighted by Crippen LogP contribution is 2.30. The van der Waals surface area contributed by atoms with Crippen LogP contribution in [0.1, 0.15) is 43.5 Å². The zero-order valence-corrected chi connectivity index (χ0v) is 15.4. The summed E-state index contributed by atoms with van der Waals surface area (Å²) in [5, 5.41) is 3.12. The lowest BCUT2D eigenvalue weighted by molar-refractivity contribution is -0.143. The van der Waals surface area contributed by atoms with Gasteiger partial charge in [0.1, 0.15) is 6.04 Å². The van der Waals surface area contributed by atoms with Crippen LogP contribution >= 0.6 is 11.6 Å². The third kappa shape index (κ3) is 4.72. The van der Waals surface area contributed by atoms with Gasteiger partial charge in [-0.15, -0.1) is 0 Å². The van der Waals surface area contributed by atoms with Crippen LogP contribution in [0.4, 0.5) is 5.69 Å². The van der Waals surface area contributed by atoms with E-state index < -0.39 is 17.9 Å². The third-order valence-electron chi connectivity index (χ3n) is 4.07. The number of carbonyl (C=O) groups is 3. The van der Waals surface area contributed by atoms with Crippen molar-refractivity contribution in [3.05, 3.63) is 28.8 Å². The van der Waals surface area contributed by atoms with E-state index in [9.17, 15) is 14.4 Å². The molecule has 0 radical (unpaired) electrons. The van der Waals surface area contributed by atoms with Crippen LogP contribution in [0.3, 0.4) is 0 Å². The molecule has 6 nitrogen and oxygen atoms in total. The van der Waals surface area contributed by atoms with Crippen molar-refractivity contribution in [1.82, 2.24) is 5.32 Å². The van der Waals surface area contributed by atoms with E-state index in [1.807, 2.05) is 13.8 Å². The van der Waals surface area contributed by atoms with Gasteiger partial charge in [-0.2, -0.15) is 0 Å². The first-order valence-corrected chi connectivity index (χ1v) is 8.70. The zero-order valence-electron chi connectivity index (χ0n) is 14.7. The monoisotopic (exact) mass is 366 g/mol. The highest BCUT2D eigenvalue weighted by Gasteiger charge is 2.26. The second kappa shape index (κ2) is 8.34. The molecule has 0 bridgehead atoms. The van der Waals surface area contributed by atoms with E-state index in [1.54, 1.807) is 23.1 Å². The van der Waals surface area contributed by atoms with Gasteiger partial charge in [-0.3, -0.25) is 9.59 Å². The Morgan fingerprint density at radius 2 is 2.08 bits per heavy atom. The number of esters is 1. The molecule has 2 rings (SSSR count). The Morgan fingerprint density at radius 1 is 1.36 bits per heavy atom. The summed E-state index contributed by atoms with van der Waals surface area (Å²) < 4.78 is 4.76. The van der Waals surface area contributed by atoms with Crippen molar-refractivity contribution < 1.29 is 19.1 Å². The second-order valence-electron chi connectivity index (χ2n) is 6.49. The number of methoxy groups -OCH3 is 1. The van der Waals surface area contributed by atoms with Gasteiger partial charge < -0.3 is 15.0 Å². The van der Waals surface area contributed by atoms with E-state index in [2.05, 4.69) is 5.32 Å². The number of hydrogen-bond donors (Lipinski definition) is 1. The smallest absolute Gasteiger partial charge is 0.328 e. The number of ether oxygens (including phenoxy) is 1. The molecule has 0 aliphatic carbocycles. The van der Waals surface area contributed by atoms with Crippen molar-refractivity contribution >= 4 is 35.1 Å². The Balaban J connectivity index is 2.20. The van der Waals surface area contributed by atoms with Gasteiger partial charge >= 0.3 is 5.97 Å². The summed E-state index contributed by atoms with van der Waals surface area (Å²) in [4.78, 5) is 38.0. The molecule has 0 spiro atoms. The van der Waals surface area contributed by atoms with Gasteiger partial charge in [0.05, 0.1) is 17.8 Å². The van der Waals surface area contributed by atoms with Crippen molar-refractivity contribution in [2.45, 2.75) is 39.2 Å². The van der Waals surface area contributed by atoms with Gasteiger partial charge in [-0.05, 0) is 37.0 Å². The molecule has 136 valence electrons. The molecule has 1 aromatic rings. The minimum absolute atomic E-state index is 0.00768. The third-order valence-corrected chi connectivity index (χ3v) is 4.39. The van der Waals surface area contributed by atoms with E-state index >= 15 is 0 Å². The number of hydrogen-bond acceptors (Lipinski definition) is 4. The molecule has 1 aliphatic heterocycles. The molecular weight excluding hydrogens is 344 g/mol. The molecule has 1 heterocycles. The summed E-state index contributed by atoms with van der Waals surface area (Å²) in [5.74, 6) is -0.675. The summed E-state index contributed by atoms with van der Waals surface area (Å²) in [5.41, 5.74) is 0.868. The Bertz CT molecular complexity index is 675. The van der Waals surface area contributed by atoms with Crippen molar-refractivity contribution in [3.63, 3.8) is 0 Å². The number of benzene rings is 1. The lowest BCUT2D eigenvalue weighted by atomic mass is 10.0. The highest BCUT2D eigenvalue weighted by molar-refractivity contribution is 6.34. The summed E-state index contributed by atoms with van der Waals surface area (Å²) in [6.45, 7) is 4.50. The average Bonchev–Trinajstić information content (AvgIpc) is 2.99. The van der Waals surface area contributed by atoms with Crippen molar-refractivity contribution in [2.75, 3.05) is 18.6 Å². The van der Waals surface area contributed by atoms with Crippen molar-refractivity contribution in [3.8, 4) is 0 Å². The quantitative estimate of drug-likeness (QED) is 0.785. The largest absolute Gasteiger partial charge is 0.467 e. The van der Waals surface area contributed by atoms with E-state index in [4.69, 9.17) is 16.3 Å². The van der Waals surface area contributed by atoms with Gasteiger partial charge in [-0.1, -0.05) is 25.4 Å². The Kier molecular flexibility index (Phi) is 6.42. The van der Waals surface area contributed by atoms with Crippen LogP contribution < -0.4 is 10.2 Å². The normalized spacial score (nSPS) is 15.4. The predicted molar refractivity (Wildman–Crippen MR) is 95.8 cm³/mol. The van der Waals surface area contributed by atoms with E-state index in [0.29, 0.717) is 35.7 Å². The maximum atomic E-state index is 12.6. The number of carbonyl (C=O) groups excluding carboxylic acids is 3. The van der Waals surface area contributed by atoms with Crippen LogP contribution in [-0.2, 0) is 14.3 Å². The molecule has 0 unspecified atom stereocenters. The van der Waals surface area contributed by atoms with E-state index in [-0.39, 0.29) is 11.8 Å². The Hall–Kier alpha value is -2.08. The first-order chi connectivity index (χ1) is 11.8. The van der Waals surface area contributed by atoms with Gasteiger partial charge in [0.25, 0.3) is 5.91 Å². The van der Waals surface area contributed by atoms with E-state index in [1.165, 1.54) is 7.11 Å². The number of rotatable bonds is 6. The van der Waals surface area contributed by atoms with Crippen LogP contribution in [0.5, 0.6) is 0 Å². The second-order valence-corrected chi connectivity index (χ2v) is 6.90. The first-order valence-electron chi connectivity index (χ1n) is 8.32. The Morgan fingerprint density at radius 3 is 2.64 bits per heavy atom. The minimum Gasteiger partial charge on any atom is -0.467 e. The van der Waals surface area contributed by atoms with Gasteiger partial charge in [0, 0.05) is 18.5 Å². The molecule has 7 heteroatoms. The average molecular weight is 367 g/mol. The van der Waals surface area contributed by atoms with Crippen LogP contribution in [0.25, 0.3) is 0 Å². The molecule has 1 saturated heterocycles. The van der Waals surface area contributed by atoms with Gasteiger partial charge in [0.15, 0.2) is 0 Å². The standard InChI is InChI=1S/C18H23ClN2O4/c1-11(2)9-14(18(24)25-3)20-17(23)12-6-7-13(19)15(10-12)21-8-4-5-16(21)22/h6-7,10-11,14H,4-5,8-9H2,1-3H3,(H,20,23)/t14-/m1/s1. The number of amides is 2. The van der Waals surface area contributed by atoms with Crippen molar-refractivity contribution in [2.24, 2.45) is 5.92 Å². The number of nitrogens with zero attached hydrogens (tertiary/aromatic N) is 1. The molecule has 1 aliphatic rings. The summed E-state index contributed by atoms with van der Waals surface area (Å²) in [6, 6.07) is 4.04. The minimum atomic E-state index is -0.718. The molecule has 1 atom stereocenters. The maximum Gasteiger partial charge on any atom is 0.328 e.